The van der Waals surface area contributed by atoms with Crippen LogP contribution in [0.25, 0.3) is 11.0 Å². The van der Waals surface area contributed by atoms with Crippen LogP contribution in [0.5, 0.6) is 0 Å². The van der Waals surface area contributed by atoms with Crippen molar-refractivity contribution in [3.05, 3.63) is 65.5 Å². The van der Waals surface area contributed by atoms with Crippen molar-refractivity contribution in [1.82, 2.24) is 14.9 Å². The number of hydrogen-bond donors (Lipinski definition) is 1. The number of aryl methyl sites for hydroxylation is 1. The molecule has 27 heavy (non-hydrogen) atoms. The van der Waals surface area contributed by atoms with E-state index in [2.05, 4.69) is 47.1 Å². The second kappa shape index (κ2) is 7.95. The van der Waals surface area contributed by atoms with Crippen LogP contribution >= 0.6 is 0 Å². The maximum Gasteiger partial charge on any atom is 0.223 e. The largest absolute Gasteiger partial charge is 0.349 e. The van der Waals surface area contributed by atoms with Crippen molar-refractivity contribution < 1.29 is 4.79 Å². The maximum atomic E-state index is 12.5. The Morgan fingerprint density at radius 1 is 1.07 bits per heavy atom. The van der Waals surface area contributed by atoms with Gasteiger partial charge in [0.05, 0.1) is 17.6 Å². The third kappa shape index (κ3) is 4.05. The molecule has 1 saturated carbocycles. The second-order valence-electron chi connectivity index (χ2n) is 7.64. The first-order valence-corrected chi connectivity index (χ1v) is 9.98. The van der Waals surface area contributed by atoms with Crippen molar-refractivity contribution in [2.24, 2.45) is 5.92 Å². The van der Waals surface area contributed by atoms with E-state index in [1.807, 2.05) is 18.2 Å². The van der Waals surface area contributed by atoms with Gasteiger partial charge in [-0.15, -0.1) is 0 Å². The van der Waals surface area contributed by atoms with E-state index in [0.29, 0.717) is 6.54 Å². The van der Waals surface area contributed by atoms with Crippen molar-refractivity contribution in [2.45, 2.75) is 52.1 Å². The van der Waals surface area contributed by atoms with Crippen LogP contribution in [0.1, 0.15) is 49.1 Å². The second-order valence-corrected chi connectivity index (χ2v) is 7.64. The molecule has 0 bridgehead atoms. The third-order valence-corrected chi connectivity index (χ3v) is 5.59. The van der Waals surface area contributed by atoms with E-state index in [1.165, 1.54) is 30.4 Å². The molecule has 0 unspecified atom stereocenters. The van der Waals surface area contributed by atoms with E-state index in [-0.39, 0.29) is 11.8 Å². The van der Waals surface area contributed by atoms with Crippen molar-refractivity contribution in [3.8, 4) is 0 Å². The van der Waals surface area contributed by atoms with E-state index < -0.39 is 0 Å². The minimum absolute atomic E-state index is 0.175. The van der Waals surface area contributed by atoms with E-state index >= 15 is 0 Å². The van der Waals surface area contributed by atoms with E-state index in [1.54, 1.807) is 0 Å². The highest BCUT2D eigenvalue weighted by Gasteiger charge is 2.21. The Morgan fingerprint density at radius 2 is 1.81 bits per heavy atom. The van der Waals surface area contributed by atoms with Gasteiger partial charge in [0, 0.05) is 12.5 Å². The molecular formula is C23H27N3O. The molecule has 1 aromatic heterocycles. The molecule has 1 amide bonds. The predicted molar refractivity (Wildman–Crippen MR) is 108 cm³/mol. The third-order valence-electron chi connectivity index (χ3n) is 5.59. The number of para-hydroxylation sites is 2. The Morgan fingerprint density at radius 3 is 2.59 bits per heavy atom. The van der Waals surface area contributed by atoms with E-state index in [9.17, 15) is 4.79 Å². The Hall–Kier alpha value is -2.62. The SMILES string of the molecule is Cc1ccc(Cn2c(CNC(=O)C3CCCCC3)nc3ccccc32)cc1. The highest BCUT2D eigenvalue weighted by atomic mass is 16.1. The number of rotatable bonds is 5. The van der Waals surface area contributed by atoms with Crippen molar-refractivity contribution in [1.29, 1.82) is 0 Å². The van der Waals surface area contributed by atoms with Crippen LogP contribution in [-0.2, 0) is 17.9 Å². The van der Waals surface area contributed by atoms with Crippen LogP contribution in [-0.4, -0.2) is 15.5 Å². The topological polar surface area (TPSA) is 46.9 Å². The zero-order chi connectivity index (χ0) is 18.6. The number of nitrogens with zero attached hydrogens (tertiary/aromatic N) is 2. The van der Waals surface area contributed by atoms with Crippen molar-refractivity contribution in [2.75, 3.05) is 0 Å². The summed E-state index contributed by atoms with van der Waals surface area (Å²) in [5.74, 6) is 1.28. The molecule has 3 aromatic rings. The molecule has 1 aliphatic rings. The zero-order valence-electron chi connectivity index (χ0n) is 15.9. The highest BCUT2D eigenvalue weighted by molar-refractivity contribution is 5.79. The normalized spacial score (nSPS) is 15.1. The fraction of sp³-hybridized carbons (Fsp3) is 0.391. The zero-order valence-corrected chi connectivity index (χ0v) is 15.9. The molecule has 140 valence electrons. The van der Waals surface area contributed by atoms with Crippen LogP contribution in [0, 0.1) is 12.8 Å². The van der Waals surface area contributed by atoms with Gasteiger partial charge in [-0.3, -0.25) is 4.79 Å². The minimum Gasteiger partial charge on any atom is -0.349 e. The number of nitrogens with one attached hydrogen (secondary N) is 1. The Labute approximate surface area is 160 Å². The van der Waals surface area contributed by atoms with Gasteiger partial charge in [-0.25, -0.2) is 4.98 Å². The van der Waals surface area contributed by atoms with Gasteiger partial charge in [0.1, 0.15) is 5.82 Å². The summed E-state index contributed by atoms with van der Waals surface area (Å²) in [5, 5.41) is 3.14. The van der Waals surface area contributed by atoms with Crippen LogP contribution in [0.4, 0.5) is 0 Å². The summed E-state index contributed by atoms with van der Waals surface area (Å²) < 4.78 is 2.22. The molecule has 1 heterocycles. The fourth-order valence-electron chi connectivity index (χ4n) is 3.99. The molecule has 0 atom stereocenters. The molecule has 2 aromatic carbocycles. The first-order valence-electron chi connectivity index (χ1n) is 9.98. The number of imidazole rings is 1. The van der Waals surface area contributed by atoms with Gasteiger partial charge in [0.15, 0.2) is 0 Å². The number of carbonyl (C=O) groups is 1. The molecule has 0 radical (unpaired) electrons. The number of hydrogen-bond acceptors (Lipinski definition) is 2. The number of benzene rings is 2. The predicted octanol–water partition coefficient (Wildman–Crippen LogP) is 4.59. The van der Waals surface area contributed by atoms with Crippen LogP contribution < -0.4 is 5.32 Å². The van der Waals surface area contributed by atoms with Crippen molar-refractivity contribution >= 4 is 16.9 Å². The first kappa shape index (κ1) is 17.8. The van der Waals surface area contributed by atoms with Crippen molar-refractivity contribution in [3.63, 3.8) is 0 Å². The molecule has 1 aliphatic carbocycles. The molecule has 0 saturated heterocycles. The lowest BCUT2D eigenvalue weighted by molar-refractivity contribution is -0.126. The number of amides is 1. The molecule has 0 spiro atoms. The molecule has 1 fully saturated rings. The number of aromatic nitrogens is 2. The summed E-state index contributed by atoms with van der Waals surface area (Å²) >= 11 is 0. The molecule has 4 nitrogen and oxygen atoms in total. The standard InChI is InChI=1S/C23H27N3O/c1-17-11-13-18(14-12-17)16-26-21-10-6-5-9-20(21)25-22(26)15-24-23(27)19-7-3-2-4-8-19/h5-6,9-14,19H,2-4,7-8,15-16H2,1H3,(H,24,27). The van der Waals surface area contributed by atoms with Crippen LogP contribution in [0.3, 0.4) is 0 Å². The van der Waals surface area contributed by atoms with Gasteiger partial charge in [0.25, 0.3) is 0 Å². The smallest absolute Gasteiger partial charge is 0.223 e. The van der Waals surface area contributed by atoms with Gasteiger partial charge in [-0.1, -0.05) is 61.2 Å². The van der Waals surface area contributed by atoms with Crippen LogP contribution in [0.2, 0.25) is 0 Å². The van der Waals surface area contributed by atoms with Crippen LogP contribution in [0.15, 0.2) is 48.5 Å². The molecule has 1 N–H and O–H groups in total. The Balaban J connectivity index is 1.56. The highest BCUT2D eigenvalue weighted by Crippen LogP contribution is 2.24. The summed E-state index contributed by atoms with van der Waals surface area (Å²) in [6, 6.07) is 16.8. The molecule has 4 heteroatoms. The Kier molecular flexibility index (Phi) is 5.23. The molecule has 0 aliphatic heterocycles. The van der Waals surface area contributed by atoms with Gasteiger partial charge in [-0.05, 0) is 37.5 Å². The lowest BCUT2D eigenvalue weighted by Crippen LogP contribution is -2.32. The number of fused-ring (bicyclic) bond motifs is 1. The Bertz CT molecular complexity index is 920. The monoisotopic (exact) mass is 361 g/mol. The summed E-state index contributed by atoms with van der Waals surface area (Å²) in [6.45, 7) is 3.34. The minimum atomic E-state index is 0.175. The number of carbonyl (C=O) groups excluding carboxylic acids is 1. The average molecular weight is 361 g/mol. The lowest BCUT2D eigenvalue weighted by atomic mass is 9.89. The summed E-state index contributed by atoms with van der Waals surface area (Å²) in [4.78, 5) is 17.3. The van der Waals surface area contributed by atoms with E-state index in [0.717, 1.165) is 36.2 Å². The lowest BCUT2D eigenvalue weighted by Gasteiger charge is -2.20. The van der Waals surface area contributed by atoms with Gasteiger partial charge in [-0.2, -0.15) is 0 Å². The van der Waals surface area contributed by atoms with Gasteiger partial charge < -0.3 is 9.88 Å². The van der Waals surface area contributed by atoms with E-state index in [4.69, 9.17) is 4.98 Å². The van der Waals surface area contributed by atoms with Gasteiger partial charge in [0.2, 0.25) is 5.91 Å². The molecule has 4 rings (SSSR count). The maximum absolute atomic E-state index is 12.5. The summed E-state index contributed by atoms with van der Waals surface area (Å²) in [7, 11) is 0. The summed E-state index contributed by atoms with van der Waals surface area (Å²) in [5.41, 5.74) is 4.59. The first-order chi connectivity index (χ1) is 13.2. The molecular weight excluding hydrogens is 334 g/mol. The van der Waals surface area contributed by atoms with Gasteiger partial charge >= 0.3 is 0 Å². The average Bonchev–Trinajstić information content (AvgIpc) is 3.06. The summed E-state index contributed by atoms with van der Waals surface area (Å²) in [6.07, 6.45) is 5.64. The quantitative estimate of drug-likeness (QED) is 0.722. The fourth-order valence-corrected chi connectivity index (χ4v) is 3.99.